The molecule has 9 nitrogen and oxygen atoms in total. The van der Waals surface area contributed by atoms with E-state index in [4.69, 9.17) is 0 Å². The predicted molar refractivity (Wildman–Crippen MR) is 117 cm³/mol. The van der Waals surface area contributed by atoms with Crippen molar-refractivity contribution in [2.45, 2.75) is 38.3 Å². The Morgan fingerprint density at radius 2 is 1.86 bits per heavy atom. The van der Waals surface area contributed by atoms with Crippen molar-refractivity contribution < 1.29 is 31.5 Å². The van der Waals surface area contributed by atoms with Gasteiger partial charge in [0.15, 0.2) is 5.65 Å². The molecule has 5 rings (SSSR count). The van der Waals surface area contributed by atoms with Crippen LogP contribution in [-0.4, -0.2) is 62.2 Å². The van der Waals surface area contributed by atoms with Crippen LogP contribution in [0.15, 0.2) is 24.5 Å². The van der Waals surface area contributed by atoms with E-state index in [1.54, 1.807) is 6.92 Å². The van der Waals surface area contributed by atoms with Crippen LogP contribution in [-0.2, 0) is 5.41 Å². The second-order valence-electron chi connectivity index (χ2n) is 9.00. The first kappa shape index (κ1) is 23.9. The lowest BCUT2D eigenvalue weighted by atomic mass is 9.88. The Morgan fingerprint density at radius 1 is 1.14 bits per heavy atom. The predicted octanol–water partition coefficient (Wildman–Crippen LogP) is 4.09. The van der Waals surface area contributed by atoms with Crippen LogP contribution in [0.2, 0.25) is 0 Å². The lowest BCUT2D eigenvalue weighted by Crippen LogP contribution is -2.46. The summed E-state index contributed by atoms with van der Waals surface area (Å²) < 4.78 is 71.2. The minimum Gasteiger partial charge on any atom is -0.337 e. The number of rotatable bonds is 3. The van der Waals surface area contributed by atoms with Gasteiger partial charge in [-0.2, -0.15) is 18.3 Å². The summed E-state index contributed by atoms with van der Waals surface area (Å²) in [5.74, 6) is -0.645. The van der Waals surface area contributed by atoms with Crippen LogP contribution in [0.4, 0.5) is 38.1 Å². The van der Waals surface area contributed by atoms with Crippen LogP contribution in [0.5, 0.6) is 0 Å². The molecular weight excluding hydrogens is 489 g/mol. The Balaban J connectivity index is 1.49. The Labute approximate surface area is 200 Å². The number of carbonyl (C=O) groups excluding carboxylic acids is 2. The quantitative estimate of drug-likeness (QED) is 0.537. The van der Waals surface area contributed by atoms with Crippen molar-refractivity contribution >= 4 is 29.0 Å². The largest absolute Gasteiger partial charge is 0.401 e. The number of hydrogen-bond donors (Lipinski definition) is 1. The minimum atomic E-state index is -4.74. The maximum atomic E-state index is 14.2. The van der Waals surface area contributed by atoms with Crippen molar-refractivity contribution in [3.05, 3.63) is 47.2 Å². The van der Waals surface area contributed by atoms with Gasteiger partial charge in [-0.1, -0.05) is 0 Å². The molecule has 0 aromatic carbocycles. The molecule has 0 saturated carbocycles. The number of pyridine rings is 1. The third-order valence-corrected chi connectivity index (χ3v) is 6.49. The fourth-order valence-corrected chi connectivity index (χ4v) is 4.39. The van der Waals surface area contributed by atoms with E-state index in [1.165, 1.54) is 11.0 Å². The summed E-state index contributed by atoms with van der Waals surface area (Å²) in [5, 5.41) is 6.45. The number of likely N-dealkylation sites (tertiary alicyclic amines) is 1. The molecule has 1 saturated heterocycles. The van der Waals surface area contributed by atoms with Gasteiger partial charge >= 0.3 is 12.2 Å². The average molecular weight is 509 g/mol. The number of nitrogens with one attached hydrogen (secondary N) is 1. The monoisotopic (exact) mass is 509 g/mol. The van der Waals surface area contributed by atoms with E-state index >= 15 is 0 Å². The van der Waals surface area contributed by atoms with Crippen molar-refractivity contribution in [3.63, 3.8) is 0 Å². The number of urea groups is 1. The molecule has 3 amide bonds. The first-order chi connectivity index (χ1) is 16.9. The fourth-order valence-electron chi connectivity index (χ4n) is 4.39. The molecule has 0 bridgehead atoms. The van der Waals surface area contributed by atoms with Crippen molar-refractivity contribution in [2.75, 3.05) is 29.9 Å². The highest BCUT2D eigenvalue weighted by atomic mass is 19.4. The van der Waals surface area contributed by atoms with Gasteiger partial charge in [-0.25, -0.2) is 28.1 Å². The number of fused-ring (bicyclic) bond motifs is 3. The molecule has 0 unspecified atom stereocenters. The molecule has 1 atom stereocenters. The average Bonchev–Trinajstić information content (AvgIpc) is 3.29. The van der Waals surface area contributed by atoms with Crippen LogP contribution < -0.4 is 10.2 Å². The van der Waals surface area contributed by atoms with Crippen molar-refractivity contribution in [3.8, 4) is 0 Å². The van der Waals surface area contributed by atoms with Gasteiger partial charge in [0.1, 0.15) is 11.1 Å². The second-order valence-corrected chi connectivity index (χ2v) is 9.00. The maximum Gasteiger partial charge on any atom is 0.401 e. The SMILES string of the molecule is Cc1cc2ncc3c(n2n1)[C@](C)(C(F)(F)F)CN3C(=O)Nc1cnc(C(=O)N2CCC2)c(C(F)F)c1. The van der Waals surface area contributed by atoms with Gasteiger partial charge in [-0.15, -0.1) is 0 Å². The van der Waals surface area contributed by atoms with Crippen molar-refractivity contribution in [1.29, 1.82) is 0 Å². The number of carbonyl (C=O) groups is 2. The number of aryl methyl sites for hydroxylation is 1. The smallest absolute Gasteiger partial charge is 0.337 e. The standard InChI is InChI=1S/C22H20F5N7O2/c1-11-6-15-28-9-14-17(34(15)31-11)21(2,22(25,26)27)10-33(14)20(36)30-12-7-13(18(23)24)16(29-8-12)19(35)32-4-3-5-32/h6-9,18H,3-5,10H2,1-2H3,(H,30,36)/t21-/m1/s1. The highest BCUT2D eigenvalue weighted by Crippen LogP contribution is 2.49. The number of alkyl halides is 5. The highest BCUT2D eigenvalue weighted by molar-refractivity contribution is 6.04. The molecule has 1 N–H and O–H groups in total. The maximum absolute atomic E-state index is 14.2. The zero-order valence-electron chi connectivity index (χ0n) is 19.1. The summed E-state index contributed by atoms with van der Waals surface area (Å²) in [7, 11) is 0. The molecule has 14 heteroatoms. The van der Waals surface area contributed by atoms with Gasteiger partial charge in [0.05, 0.1) is 40.7 Å². The lowest BCUT2D eigenvalue weighted by Gasteiger charge is -2.31. The molecule has 0 radical (unpaired) electrons. The molecule has 3 aromatic heterocycles. The minimum absolute atomic E-state index is 0.116. The van der Waals surface area contributed by atoms with Gasteiger partial charge in [-0.3, -0.25) is 9.69 Å². The van der Waals surface area contributed by atoms with E-state index in [2.05, 4.69) is 20.4 Å². The Morgan fingerprint density at radius 3 is 2.47 bits per heavy atom. The third-order valence-electron chi connectivity index (χ3n) is 6.49. The molecule has 5 heterocycles. The van der Waals surface area contributed by atoms with E-state index in [0.717, 1.165) is 41.2 Å². The van der Waals surface area contributed by atoms with Crippen LogP contribution in [0.3, 0.4) is 0 Å². The van der Waals surface area contributed by atoms with Crippen molar-refractivity contribution in [1.82, 2.24) is 24.5 Å². The molecule has 3 aromatic rings. The molecular formula is C22H20F5N7O2. The van der Waals surface area contributed by atoms with Gasteiger partial charge in [0, 0.05) is 25.7 Å². The topological polar surface area (TPSA) is 95.7 Å². The summed E-state index contributed by atoms with van der Waals surface area (Å²) in [6.45, 7) is 2.66. The number of nitrogens with zero attached hydrogens (tertiary/aromatic N) is 6. The van der Waals surface area contributed by atoms with Gasteiger partial charge < -0.3 is 10.2 Å². The first-order valence-corrected chi connectivity index (χ1v) is 11.0. The number of aromatic nitrogens is 4. The molecule has 0 spiro atoms. The van der Waals surface area contributed by atoms with E-state index in [1.807, 2.05) is 0 Å². The van der Waals surface area contributed by atoms with Gasteiger partial charge in [0.2, 0.25) is 0 Å². The van der Waals surface area contributed by atoms with E-state index in [9.17, 15) is 31.5 Å². The highest BCUT2D eigenvalue weighted by Gasteiger charge is 2.60. The summed E-state index contributed by atoms with van der Waals surface area (Å²) in [6, 6.07) is 1.42. The number of hydrogen-bond acceptors (Lipinski definition) is 5. The molecule has 36 heavy (non-hydrogen) atoms. The van der Waals surface area contributed by atoms with Crippen LogP contribution >= 0.6 is 0 Å². The second kappa shape index (κ2) is 8.10. The van der Waals surface area contributed by atoms with E-state index < -0.39 is 47.8 Å². The zero-order chi connectivity index (χ0) is 26.0. The van der Waals surface area contributed by atoms with Crippen molar-refractivity contribution in [2.24, 2.45) is 0 Å². The summed E-state index contributed by atoms with van der Waals surface area (Å²) >= 11 is 0. The Bertz CT molecular complexity index is 1390. The van der Waals surface area contributed by atoms with E-state index in [-0.39, 0.29) is 22.7 Å². The van der Waals surface area contributed by atoms with Crippen LogP contribution in [0.1, 0.15) is 47.2 Å². The first-order valence-electron chi connectivity index (χ1n) is 11.0. The summed E-state index contributed by atoms with van der Waals surface area (Å²) in [4.78, 5) is 35.7. The van der Waals surface area contributed by atoms with Crippen LogP contribution in [0.25, 0.3) is 5.65 Å². The third kappa shape index (κ3) is 3.62. The molecule has 2 aliphatic rings. The van der Waals surface area contributed by atoms with E-state index in [0.29, 0.717) is 18.8 Å². The Hall–Kier alpha value is -3.84. The summed E-state index contributed by atoms with van der Waals surface area (Å²) in [6.07, 6.45) is -4.86. The normalized spacial score (nSPS) is 19.6. The zero-order valence-corrected chi connectivity index (χ0v) is 19.1. The summed E-state index contributed by atoms with van der Waals surface area (Å²) in [5.41, 5.74) is -3.51. The molecule has 0 aliphatic carbocycles. The molecule has 2 aliphatic heterocycles. The fraction of sp³-hybridized carbons (Fsp3) is 0.409. The van der Waals surface area contributed by atoms with Crippen LogP contribution in [0, 0.1) is 6.92 Å². The number of anilines is 2. The molecule has 190 valence electrons. The number of halogens is 5. The Kier molecular flexibility index (Phi) is 5.37. The number of amides is 3. The van der Waals surface area contributed by atoms with Gasteiger partial charge in [-0.05, 0) is 26.3 Å². The lowest BCUT2D eigenvalue weighted by molar-refractivity contribution is -0.181. The van der Waals surface area contributed by atoms with Gasteiger partial charge in [0.25, 0.3) is 12.3 Å². The molecule has 1 fully saturated rings.